The summed E-state index contributed by atoms with van der Waals surface area (Å²) >= 11 is 0. The van der Waals surface area contributed by atoms with E-state index < -0.39 is 11.6 Å². The van der Waals surface area contributed by atoms with E-state index in [0.717, 1.165) is 16.7 Å². The summed E-state index contributed by atoms with van der Waals surface area (Å²) in [5.74, 6) is 0.209. The second-order valence-electron chi connectivity index (χ2n) is 8.86. The van der Waals surface area contributed by atoms with Gasteiger partial charge in [0.2, 0.25) is 0 Å². The number of morpholine rings is 1. The Balaban J connectivity index is 1.90. The highest BCUT2D eigenvalue weighted by Crippen LogP contribution is 2.30. The third kappa shape index (κ3) is 6.40. The first kappa shape index (κ1) is 25.8. The maximum Gasteiger partial charge on any atom is 0.257 e. The molecular weight excluding hydrogens is 445 g/mol. The Hall–Kier alpha value is -3.83. The Kier molecular flexibility index (Phi) is 8.15. The standard InChI is InChI=1S/C27H30FN5O2/c1-18-6-7-23(32-26(34)22(16-30-5)12-19(2)27(3,4)28)14-24(18)21-13-20(15-29)25(31-17-21)33-8-10-35-11-9-33/h6-7,12-14,16-17H,5,8-11H2,1-4H3,(H,32,34)/b19-12+,22-16+. The summed E-state index contributed by atoms with van der Waals surface area (Å²) in [6.45, 7) is 12.4. The number of amides is 1. The zero-order valence-electron chi connectivity index (χ0n) is 20.6. The number of aliphatic imine (C=N–C) groups is 1. The van der Waals surface area contributed by atoms with E-state index in [2.05, 4.69) is 28.1 Å². The maximum atomic E-state index is 14.3. The first-order valence-electron chi connectivity index (χ1n) is 11.3. The zero-order valence-corrected chi connectivity index (χ0v) is 20.6. The summed E-state index contributed by atoms with van der Waals surface area (Å²) in [7, 11) is 0. The van der Waals surface area contributed by atoms with Gasteiger partial charge in [-0.25, -0.2) is 9.37 Å². The number of aromatic nitrogens is 1. The van der Waals surface area contributed by atoms with Crippen molar-refractivity contribution in [2.75, 3.05) is 36.5 Å². The highest BCUT2D eigenvalue weighted by Gasteiger charge is 2.20. The molecule has 0 radical (unpaired) electrons. The zero-order chi connectivity index (χ0) is 25.6. The molecule has 2 aromatic rings. The minimum atomic E-state index is -1.57. The van der Waals surface area contributed by atoms with Crippen molar-refractivity contribution in [2.45, 2.75) is 33.4 Å². The van der Waals surface area contributed by atoms with Crippen LogP contribution in [0.2, 0.25) is 0 Å². The van der Waals surface area contributed by atoms with E-state index in [0.29, 0.717) is 48.9 Å². The minimum Gasteiger partial charge on any atom is -0.378 e. The van der Waals surface area contributed by atoms with E-state index in [1.807, 2.05) is 30.0 Å². The molecule has 7 nitrogen and oxygen atoms in total. The van der Waals surface area contributed by atoms with E-state index in [1.165, 1.54) is 26.1 Å². The molecule has 182 valence electrons. The molecule has 35 heavy (non-hydrogen) atoms. The van der Waals surface area contributed by atoms with Crippen LogP contribution in [0, 0.1) is 18.3 Å². The number of benzene rings is 1. The molecule has 1 amide bonds. The predicted molar refractivity (Wildman–Crippen MR) is 137 cm³/mol. The molecule has 0 spiro atoms. The van der Waals surface area contributed by atoms with Crippen LogP contribution in [0.4, 0.5) is 15.9 Å². The fraction of sp³-hybridized carbons (Fsp3) is 0.333. The quantitative estimate of drug-likeness (QED) is 0.346. The molecule has 1 aromatic carbocycles. The van der Waals surface area contributed by atoms with Gasteiger partial charge in [0.25, 0.3) is 5.91 Å². The number of pyridine rings is 1. The maximum absolute atomic E-state index is 14.3. The minimum absolute atomic E-state index is 0.189. The number of alkyl halides is 1. The van der Waals surface area contributed by atoms with Crippen LogP contribution in [-0.4, -0.2) is 49.6 Å². The molecule has 1 aromatic heterocycles. The number of nitrogens with one attached hydrogen (secondary N) is 1. The van der Waals surface area contributed by atoms with Gasteiger partial charge in [-0.1, -0.05) is 6.07 Å². The van der Waals surface area contributed by atoms with Gasteiger partial charge in [-0.05, 0) is 75.4 Å². The first-order chi connectivity index (χ1) is 16.6. The van der Waals surface area contributed by atoms with Crippen molar-refractivity contribution in [3.63, 3.8) is 0 Å². The smallest absolute Gasteiger partial charge is 0.257 e. The number of nitriles is 1. The van der Waals surface area contributed by atoms with Crippen LogP contribution in [0.5, 0.6) is 0 Å². The molecular formula is C27H30FN5O2. The third-order valence-corrected chi connectivity index (χ3v) is 5.91. The number of aryl methyl sites for hydroxylation is 1. The Morgan fingerprint density at radius 3 is 2.69 bits per heavy atom. The molecule has 0 atom stereocenters. The monoisotopic (exact) mass is 475 g/mol. The van der Waals surface area contributed by atoms with Crippen LogP contribution in [0.25, 0.3) is 11.1 Å². The number of hydrogen-bond acceptors (Lipinski definition) is 6. The molecule has 1 saturated heterocycles. The molecule has 1 fully saturated rings. The molecule has 0 bridgehead atoms. The van der Waals surface area contributed by atoms with E-state index in [4.69, 9.17) is 4.74 Å². The first-order valence-corrected chi connectivity index (χ1v) is 11.3. The summed E-state index contributed by atoms with van der Waals surface area (Å²) in [4.78, 5) is 23.2. The van der Waals surface area contributed by atoms with Crippen molar-refractivity contribution >= 4 is 24.1 Å². The van der Waals surface area contributed by atoms with Gasteiger partial charge in [0, 0.05) is 36.7 Å². The lowest BCUT2D eigenvalue weighted by molar-refractivity contribution is -0.112. The second-order valence-corrected chi connectivity index (χ2v) is 8.86. The second kappa shape index (κ2) is 11.1. The lowest BCUT2D eigenvalue weighted by Crippen LogP contribution is -2.37. The number of rotatable bonds is 7. The largest absolute Gasteiger partial charge is 0.378 e. The summed E-state index contributed by atoms with van der Waals surface area (Å²) in [5, 5.41) is 12.6. The van der Waals surface area contributed by atoms with Crippen LogP contribution in [0.3, 0.4) is 0 Å². The average molecular weight is 476 g/mol. The summed E-state index contributed by atoms with van der Waals surface area (Å²) < 4.78 is 19.7. The van der Waals surface area contributed by atoms with Gasteiger partial charge < -0.3 is 15.0 Å². The van der Waals surface area contributed by atoms with Gasteiger partial charge in [-0.3, -0.25) is 9.79 Å². The van der Waals surface area contributed by atoms with E-state index >= 15 is 0 Å². The normalized spacial score (nSPS) is 14.9. The molecule has 8 heteroatoms. The molecule has 1 N–H and O–H groups in total. The van der Waals surface area contributed by atoms with Gasteiger partial charge in [-0.2, -0.15) is 5.26 Å². The average Bonchev–Trinajstić information content (AvgIpc) is 2.84. The van der Waals surface area contributed by atoms with E-state index in [1.54, 1.807) is 19.2 Å². The lowest BCUT2D eigenvalue weighted by atomic mass is 9.98. The van der Waals surface area contributed by atoms with Crippen LogP contribution < -0.4 is 10.2 Å². The Labute approximate surface area is 205 Å². The number of carbonyl (C=O) groups excluding carboxylic acids is 1. The van der Waals surface area contributed by atoms with Crippen LogP contribution >= 0.6 is 0 Å². The molecule has 0 aliphatic carbocycles. The van der Waals surface area contributed by atoms with Gasteiger partial charge in [-0.15, -0.1) is 0 Å². The van der Waals surface area contributed by atoms with Crippen molar-refractivity contribution in [3.8, 4) is 17.2 Å². The Morgan fingerprint density at radius 1 is 1.34 bits per heavy atom. The van der Waals surface area contributed by atoms with Crippen molar-refractivity contribution < 1.29 is 13.9 Å². The number of hydrogen-bond donors (Lipinski definition) is 1. The van der Waals surface area contributed by atoms with Gasteiger partial charge >= 0.3 is 0 Å². The molecule has 1 aliphatic heterocycles. The van der Waals surface area contributed by atoms with Gasteiger partial charge in [0.1, 0.15) is 17.6 Å². The van der Waals surface area contributed by atoms with Gasteiger partial charge in [0.05, 0.1) is 24.4 Å². The molecule has 0 saturated carbocycles. The number of nitrogens with zero attached hydrogens (tertiary/aromatic N) is 4. The Morgan fingerprint density at radius 2 is 2.06 bits per heavy atom. The highest BCUT2D eigenvalue weighted by atomic mass is 19.1. The van der Waals surface area contributed by atoms with Gasteiger partial charge in [0.15, 0.2) is 0 Å². The van der Waals surface area contributed by atoms with Crippen LogP contribution in [0.1, 0.15) is 31.9 Å². The third-order valence-electron chi connectivity index (χ3n) is 5.91. The van der Waals surface area contributed by atoms with E-state index in [-0.39, 0.29) is 5.57 Å². The van der Waals surface area contributed by atoms with Crippen LogP contribution in [-0.2, 0) is 9.53 Å². The molecule has 0 unspecified atom stereocenters. The van der Waals surface area contributed by atoms with Crippen molar-refractivity contribution in [1.82, 2.24) is 4.98 Å². The number of carbonyl (C=O) groups is 1. The predicted octanol–water partition coefficient (Wildman–Crippen LogP) is 4.98. The fourth-order valence-electron chi connectivity index (χ4n) is 3.59. The highest BCUT2D eigenvalue weighted by molar-refractivity contribution is 6.06. The van der Waals surface area contributed by atoms with Crippen molar-refractivity contribution in [1.29, 1.82) is 5.26 Å². The van der Waals surface area contributed by atoms with Crippen LogP contribution in [0.15, 0.2) is 58.9 Å². The summed E-state index contributed by atoms with van der Waals surface area (Å²) in [6, 6.07) is 9.56. The Bertz CT molecular complexity index is 1220. The number of ether oxygens (including phenoxy) is 1. The number of anilines is 2. The topological polar surface area (TPSA) is 90.6 Å². The summed E-state index contributed by atoms with van der Waals surface area (Å²) in [6.07, 6.45) is 4.50. The fourth-order valence-corrected chi connectivity index (χ4v) is 3.59. The van der Waals surface area contributed by atoms with E-state index in [9.17, 15) is 14.4 Å². The number of allylic oxidation sites excluding steroid dienone is 1. The molecule has 3 rings (SSSR count). The van der Waals surface area contributed by atoms with Crippen molar-refractivity contribution in [3.05, 3.63) is 65.0 Å². The van der Waals surface area contributed by atoms with Crippen molar-refractivity contribution in [2.24, 2.45) is 4.99 Å². The molecule has 1 aliphatic rings. The SMILES string of the molecule is C=N/C=C(\C=C(/C)C(C)(C)F)C(=O)Nc1ccc(C)c(-c2cnc(N3CCOCC3)c(C#N)c2)c1. The number of halogens is 1. The molecule has 2 heterocycles. The lowest BCUT2D eigenvalue weighted by Gasteiger charge is -2.28. The summed E-state index contributed by atoms with van der Waals surface area (Å²) in [5.41, 5.74) is 2.61.